The van der Waals surface area contributed by atoms with Crippen molar-refractivity contribution in [2.24, 2.45) is 0 Å². The maximum Gasteiger partial charge on any atom is 0.416 e. The number of hydrogen-bond acceptors (Lipinski definition) is 2. The van der Waals surface area contributed by atoms with Gasteiger partial charge in [-0.05, 0) is 42.3 Å². The van der Waals surface area contributed by atoms with Crippen LogP contribution in [0.4, 0.5) is 13.2 Å². The van der Waals surface area contributed by atoms with Crippen LogP contribution in [0.1, 0.15) is 29.7 Å². The predicted octanol–water partition coefficient (Wildman–Crippen LogP) is 4.13. The summed E-state index contributed by atoms with van der Waals surface area (Å²) in [6.07, 6.45) is -4.19. The molecule has 0 saturated carbocycles. The van der Waals surface area contributed by atoms with Crippen LogP contribution in [0.3, 0.4) is 0 Å². The number of methoxy groups -OCH3 is 1. The summed E-state index contributed by atoms with van der Waals surface area (Å²) in [5, 5.41) is 2.78. The van der Waals surface area contributed by atoms with E-state index in [0.29, 0.717) is 11.3 Å². The molecule has 0 aliphatic rings. The van der Waals surface area contributed by atoms with E-state index in [1.165, 1.54) is 12.1 Å². The standard InChI is InChI=1S/C18H18F3NO2/c1-12(14-6-8-15(9-7-14)18(19,20)21)22-17(23)11-13-4-3-5-16(10-13)24-2/h3-10,12H,11H2,1-2H3,(H,22,23). The van der Waals surface area contributed by atoms with E-state index in [1.807, 2.05) is 6.07 Å². The SMILES string of the molecule is COc1cccc(CC(=O)NC(C)c2ccc(C(F)(F)F)cc2)c1. The Morgan fingerprint density at radius 1 is 1.17 bits per heavy atom. The minimum absolute atomic E-state index is 0.169. The number of nitrogens with one attached hydrogen (secondary N) is 1. The lowest BCUT2D eigenvalue weighted by Crippen LogP contribution is -2.28. The molecule has 0 aromatic heterocycles. The molecule has 1 amide bonds. The molecule has 2 aromatic rings. The summed E-state index contributed by atoms with van der Waals surface area (Å²) in [7, 11) is 1.55. The molecule has 2 aromatic carbocycles. The Morgan fingerprint density at radius 3 is 2.42 bits per heavy atom. The normalized spacial score (nSPS) is 12.5. The van der Waals surface area contributed by atoms with Gasteiger partial charge in [0.25, 0.3) is 0 Å². The van der Waals surface area contributed by atoms with Crippen LogP contribution < -0.4 is 10.1 Å². The molecule has 0 radical (unpaired) electrons. The van der Waals surface area contributed by atoms with Gasteiger partial charge >= 0.3 is 6.18 Å². The van der Waals surface area contributed by atoms with Crippen LogP contribution in [0.5, 0.6) is 5.75 Å². The highest BCUT2D eigenvalue weighted by molar-refractivity contribution is 5.79. The van der Waals surface area contributed by atoms with Gasteiger partial charge in [0.1, 0.15) is 5.75 Å². The Balaban J connectivity index is 1.98. The van der Waals surface area contributed by atoms with Crippen molar-refractivity contribution in [2.45, 2.75) is 25.6 Å². The first-order chi connectivity index (χ1) is 11.3. The molecule has 0 bridgehead atoms. The number of hydrogen-bond donors (Lipinski definition) is 1. The van der Waals surface area contributed by atoms with Crippen LogP contribution >= 0.6 is 0 Å². The van der Waals surface area contributed by atoms with E-state index in [9.17, 15) is 18.0 Å². The predicted molar refractivity (Wildman–Crippen MR) is 84.7 cm³/mol. The van der Waals surface area contributed by atoms with Crippen LogP contribution in [0.15, 0.2) is 48.5 Å². The van der Waals surface area contributed by atoms with Gasteiger partial charge in [0.2, 0.25) is 5.91 Å². The molecule has 0 fully saturated rings. The summed E-state index contributed by atoms with van der Waals surface area (Å²) in [6.45, 7) is 1.73. The minimum atomic E-state index is -4.36. The number of amides is 1. The molecule has 24 heavy (non-hydrogen) atoms. The van der Waals surface area contributed by atoms with Crippen LogP contribution in [-0.2, 0) is 17.4 Å². The Labute approximate surface area is 138 Å². The summed E-state index contributed by atoms with van der Waals surface area (Å²) in [5.41, 5.74) is 0.703. The second kappa shape index (κ2) is 7.38. The zero-order chi connectivity index (χ0) is 17.7. The summed E-state index contributed by atoms with van der Waals surface area (Å²) in [5.74, 6) is 0.451. The van der Waals surface area contributed by atoms with E-state index in [-0.39, 0.29) is 18.4 Å². The summed E-state index contributed by atoms with van der Waals surface area (Å²) < 4.78 is 42.8. The second-order valence-corrected chi connectivity index (χ2v) is 5.44. The number of ether oxygens (including phenoxy) is 1. The van der Waals surface area contributed by atoms with Gasteiger partial charge in [-0.25, -0.2) is 0 Å². The van der Waals surface area contributed by atoms with Gasteiger partial charge in [0.05, 0.1) is 25.1 Å². The van der Waals surface area contributed by atoms with Crippen LogP contribution in [-0.4, -0.2) is 13.0 Å². The molecule has 0 saturated heterocycles. The molecule has 1 N–H and O–H groups in total. The molecule has 0 heterocycles. The number of carbonyl (C=O) groups excluding carboxylic acids is 1. The molecule has 3 nitrogen and oxygen atoms in total. The van der Waals surface area contributed by atoms with Gasteiger partial charge in [0, 0.05) is 0 Å². The van der Waals surface area contributed by atoms with Crippen LogP contribution in [0.2, 0.25) is 0 Å². The highest BCUT2D eigenvalue weighted by atomic mass is 19.4. The summed E-state index contributed by atoms with van der Waals surface area (Å²) in [6, 6.07) is 11.5. The first-order valence-corrected chi connectivity index (χ1v) is 7.39. The largest absolute Gasteiger partial charge is 0.497 e. The molecule has 128 valence electrons. The van der Waals surface area contributed by atoms with Gasteiger partial charge in [0.15, 0.2) is 0 Å². The topological polar surface area (TPSA) is 38.3 Å². The van der Waals surface area contributed by atoms with Crippen molar-refractivity contribution in [2.75, 3.05) is 7.11 Å². The first kappa shape index (κ1) is 17.8. The van der Waals surface area contributed by atoms with E-state index in [0.717, 1.165) is 17.7 Å². The van der Waals surface area contributed by atoms with E-state index < -0.39 is 11.7 Å². The Kier molecular flexibility index (Phi) is 5.49. The Hall–Kier alpha value is -2.50. The molecule has 0 aliphatic heterocycles. The third-order valence-corrected chi connectivity index (χ3v) is 3.61. The molecular formula is C18H18F3NO2. The summed E-state index contributed by atoms with van der Waals surface area (Å²) >= 11 is 0. The lowest BCUT2D eigenvalue weighted by atomic mass is 10.1. The van der Waals surface area contributed by atoms with Gasteiger partial charge in [-0.1, -0.05) is 24.3 Å². The molecule has 6 heteroatoms. The van der Waals surface area contributed by atoms with Gasteiger partial charge in [-0.2, -0.15) is 13.2 Å². The second-order valence-electron chi connectivity index (χ2n) is 5.44. The Morgan fingerprint density at radius 2 is 1.83 bits per heavy atom. The molecule has 0 aliphatic carbocycles. The highest BCUT2D eigenvalue weighted by Gasteiger charge is 2.30. The molecule has 1 unspecified atom stereocenters. The van der Waals surface area contributed by atoms with Gasteiger partial charge < -0.3 is 10.1 Å². The smallest absolute Gasteiger partial charge is 0.416 e. The van der Waals surface area contributed by atoms with E-state index in [4.69, 9.17) is 4.74 Å². The fourth-order valence-corrected chi connectivity index (χ4v) is 2.30. The average Bonchev–Trinajstić information content (AvgIpc) is 2.54. The third kappa shape index (κ3) is 4.75. The molecule has 1 atom stereocenters. The monoisotopic (exact) mass is 337 g/mol. The number of halogens is 3. The Bertz CT molecular complexity index is 696. The minimum Gasteiger partial charge on any atom is -0.497 e. The fraction of sp³-hybridized carbons (Fsp3) is 0.278. The van der Waals surface area contributed by atoms with Crippen molar-refractivity contribution in [3.63, 3.8) is 0 Å². The molecular weight excluding hydrogens is 319 g/mol. The lowest BCUT2D eigenvalue weighted by molar-refractivity contribution is -0.137. The third-order valence-electron chi connectivity index (χ3n) is 3.61. The zero-order valence-electron chi connectivity index (χ0n) is 13.4. The number of benzene rings is 2. The maximum absolute atomic E-state index is 12.6. The first-order valence-electron chi connectivity index (χ1n) is 7.39. The maximum atomic E-state index is 12.6. The highest BCUT2D eigenvalue weighted by Crippen LogP contribution is 2.29. The molecule has 0 spiro atoms. The zero-order valence-corrected chi connectivity index (χ0v) is 13.4. The lowest BCUT2D eigenvalue weighted by Gasteiger charge is -2.15. The average molecular weight is 337 g/mol. The van der Waals surface area contributed by atoms with Crippen molar-refractivity contribution < 1.29 is 22.7 Å². The number of alkyl halides is 3. The van der Waals surface area contributed by atoms with Gasteiger partial charge in [-0.3, -0.25) is 4.79 Å². The van der Waals surface area contributed by atoms with Crippen molar-refractivity contribution >= 4 is 5.91 Å². The van der Waals surface area contributed by atoms with Crippen molar-refractivity contribution in [1.29, 1.82) is 0 Å². The molecule has 2 rings (SSSR count). The van der Waals surface area contributed by atoms with Crippen molar-refractivity contribution in [3.8, 4) is 5.75 Å². The van der Waals surface area contributed by atoms with E-state index in [2.05, 4.69) is 5.32 Å². The quantitative estimate of drug-likeness (QED) is 0.891. The van der Waals surface area contributed by atoms with Crippen molar-refractivity contribution in [1.82, 2.24) is 5.32 Å². The van der Waals surface area contributed by atoms with E-state index in [1.54, 1.807) is 32.2 Å². The number of rotatable bonds is 5. The summed E-state index contributed by atoms with van der Waals surface area (Å²) in [4.78, 5) is 12.1. The van der Waals surface area contributed by atoms with Crippen LogP contribution in [0.25, 0.3) is 0 Å². The van der Waals surface area contributed by atoms with Gasteiger partial charge in [-0.15, -0.1) is 0 Å². The van der Waals surface area contributed by atoms with Crippen molar-refractivity contribution in [3.05, 3.63) is 65.2 Å². The van der Waals surface area contributed by atoms with Crippen LogP contribution in [0, 0.1) is 0 Å². The fourth-order valence-electron chi connectivity index (χ4n) is 2.30. The van der Waals surface area contributed by atoms with E-state index >= 15 is 0 Å². The number of carbonyl (C=O) groups is 1.